The number of para-hydroxylation sites is 1. The lowest BCUT2D eigenvalue weighted by Crippen LogP contribution is -2.14. The summed E-state index contributed by atoms with van der Waals surface area (Å²) in [7, 11) is 0. The van der Waals surface area contributed by atoms with Crippen LogP contribution in [0.25, 0.3) is 0 Å². The van der Waals surface area contributed by atoms with E-state index in [2.05, 4.69) is 13.8 Å². The molecule has 166 valence electrons. The quantitative estimate of drug-likeness (QED) is 0.302. The van der Waals surface area contributed by atoms with Gasteiger partial charge in [-0.25, -0.2) is 9.59 Å². The van der Waals surface area contributed by atoms with Crippen LogP contribution in [0.5, 0.6) is 11.5 Å². The van der Waals surface area contributed by atoms with E-state index >= 15 is 0 Å². The summed E-state index contributed by atoms with van der Waals surface area (Å²) in [6.07, 6.45) is 1.57. The standard InChI is InChI=1S/C27H28O5/c1-20(2)16-18-30-23-14-12-22(13-15-23)26(28)32-25-11-7-6-10-24(25)27(29)31-19-17-21-8-4-3-5-9-21/h3-15,20H,16-19H2,1-2H3. The van der Waals surface area contributed by atoms with E-state index in [1.807, 2.05) is 30.3 Å². The molecule has 0 saturated heterocycles. The van der Waals surface area contributed by atoms with Crippen LogP contribution in [-0.2, 0) is 11.2 Å². The first-order chi connectivity index (χ1) is 15.5. The van der Waals surface area contributed by atoms with E-state index in [1.165, 1.54) is 0 Å². The summed E-state index contributed by atoms with van der Waals surface area (Å²) in [5, 5.41) is 0. The molecule has 0 amide bonds. The molecule has 0 aromatic heterocycles. The van der Waals surface area contributed by atoms with Crippen molar-refractivity contribution in [2.24, 2.45) is 5.92 Å². The normalized spacial score (nSPS) is 10.6. The van der Waals surface area contributed by atoms with E-state index in [9.17, 15) is 9.59 Å². The third-order valence-corrected chi connectivity index (χ3v) is 4.83. The van der Waals surface area contributed by atoms with Gasteiger partial charge in [-0.3, -0.25) is 0 Å². The minimum Gasteiger partial charge on any atom is -0.494 e. The van der Waals surface area contributed by atoms with Crippen molar-refractivity contribution in [2.75, 3.05) is 13.2 Å². The Kier molecular flexibility index (Phi) is 8.44. The molecule has 0 saturated carbocycles. The van der Waals surface area contributed by atoms with Gasteiger partial charge in [0, 0.05) is 6.42 Å². The fourth-order valence-corrected chi connectivity index (χ4v) is 2.97. The minimum atomic E-state index is -0.553. The molecule has 0 heterocycles. The van der Waals surface area contributed by atoms with Crippen LogP contribution >= 0.6 is 0 Å². The van der Waals surface area contributed by atoms with Crippen molar-refractivity contribution in [1.29, 1.82) is 0 Å². The average Bonchev–Trinajstić information content (AvgIpc) is 2.80. The number of carbonyl (C=O) groups is 2. The molecule has 0 fully saturated rings. The highest BCUT2D eigenvalue weighted by Crippen LogP contribution is 2.21. The topological polar surface area (TPSA) is 61.8 Å². The third kappa shape index (κ3) is 6.98. The first-order valence-corrected chi connectivity index (χ1v) is 10.8. The monoisotopic (exact) mass is 432 g/mol. The van der Waals surface area contributed by atoms with Crippen molar-refractivity contribution in [1.82, 2.24) is 0 Å². The van der Waals surface area contributed by atoms with E-state index in [1.54, 1.807) is 48.5 Å². The Bertz CT molecular complexity index is 1010. The highest BCUT2D eigenvalue weighted by Gasteiger charge is 2.17. The summed E-state index contributed by atoms with van der Waals surface area (Å²) < 4.78 is 16.5. The van der Waals surface area contributed by atoms with Crippen LogP contribution in [0.3, 0.4) is 0 Å². The number of carbonyl (C=O) groups excluding carboxylic acids is 2. The molecular weight excluding hydrogens is 404 g/mol. The predicted octanol–water partition coefficient (Wildman–Crippen LogP) is 5.73. The molecule has 0 radical (unpaired) electrons. The largest absolute Gasteiger partial charge is 0.494 e. The summed E-state index contributed by atoms with van der Waals surface area (Å²) in [5.41, 5.74) is 1.66. The van der Waals surface area contributed by atoms with Gasteiger partial charge in [0.25, 0.3) is 0 Å². The Morgan fingerprint density at radius 1 is 0.781 bits per heavy atom. The van der Waals surface area contributed by atoms with Crippen molar-refractivity contribution in [3.05, 3.63) is 95.6 Å². The van der Waals surface area contributed by atoms with Crippen molar-refractivity contribution < 1.29 is 23.8 Å². The highest BCUT2D eigenvalue weighted by molar-refractivity contribution is 5.96. The number of ether oxygens (including phenoxy) is 3. The molecule has 5 heteroatoms. The van der Waals surface area contributed by atoms with Gasteiger partial charge in [0.15, 0.2) is 0 Å². The number of hydrogen-bond acceptors (Lipinski definition) is 5. The molecule has 32 heavy (non-hydrogen) atoms. The first kappa shape index (κ1) is 23.1. The zero-order valence-corrected chi connectivity index (χ0v) is 18.5. The van der Waals surface area contributed by atoms with Crippen molar-refractivity contribution in [3.8, 4) is 11.5 Å². The smallest absolute Gasteiger partial charge is 0.343 e. The van der Waals surface area contributed by atoms with Gasteiger partial charge in [-0.05, 0) is 54.3 Å². The number of rotatable bonds is 10. The summed E-state index contributed by atoms with van der Waals surface area (Å²) in [5.74, 6) is 0.347. The van der Waals surface area contributed by atoms with E-state index in [-0.39, 0.29) is 17.9 Å². The van der Waals surface area contributed by atoms with E-state index in [0.717, 1.165) is 12.0 Å². The first-order valence-electron chi connectivity index (χ1n) is 10.8. The molecule has 0 aliphatic heterocycles. The highest BCUT2D eigenvalue weighted by atomic mass is 16.5. The van der Waals surface area contributed by atoms with Crippen LogP contribution in [0.2, 0.25) is 0 Å². The van der Waals surface area contributed by atoms with Crippen LogP contribution in [0.15, 0.2) is 78.9 Å². The zero-order chi connectivity index (χ0) is 22.8. The lowest BCUT2D eigenvalue weighted by atomic mass is 10.1. The van der Waals surface area contributed by atoms with Gasteiger partial charge in [0.05, 0.1) is 18.8 Å². The lowest BCUT2D eigenvalue weighted by Gasteiger charge is -2.11. The second kappa shape index (κ2) is 11.7. The van der Waals surface area contributed by atoms with E-state index < -0.39 is 11.9 Å². The Labute approximate surface area is 188 Å². The molecule has 0 aliphatic carbocycles. The molecule has 3 aromatic rings. The second-order valence-corrected chi connectivity index (χ2v) is 7.81. The molecule has 0 aliphatic rings. The average molecular weight is 433 g/mol. The van der Waals surface area contributed by atoms with Crippen LogP contribution < -0.4 is 9.47 Å². The van der Waals surface area contributed by atoms with Gasteiger partial charge in [0.1, 0.15) is 17.1 Å². The Hall–Kier alpha value is -3.60. The predicted molar refractivity (Wildman–Crippen MR) is 123 cm³/mol. The summed E-state index contributed by atoms with van der Waals surface area (Å²) in [4.78, 5) is 25.1. The SMILES string of the molecule is CC(C)CCOc1ccc(C(=O)Oc2ccccc2C(=O)OCCc2ccccc2)cc1. The Morgan fingerprint density at radius 2 is 1.47 bits per heavy atom. The third-order valence-electron chi connectivity index (χ3n) is 4.83. The molecule has 0 bridgehead atoms. The molecule has 0 atom stereocenters. The van der Waals surface area contributed by atoms with Gasteiger partial charge < -0.3 is 14.2 Å². The number of benzene rings is 3. The molecule has 0 spiro atoms. The number of hydrogen-bond donors (Lipinski definition) is 0. The molecule has 3 aromatic carbocycles. The molecule has 3 rings (SSSR count). The van der Waals surface area contributed by atoms with Crippen LogP contribution in [0.1, 0.15) is 46.5 Å². The fourth-order valence-electron chi connectivity index (χ4n) is 2.97. The van der Waals surface area contributed by atoms with Gasteiger partial charge in [-0.15, -0.1) is 0 Å². The number of esters is 2. The lowest BCUT2D eigenvalue weighted by molar-refractivity contribution is 0.0504. The molecule has 5 nitrogen and oxygen atoms in total. The second-order valence-electron chi connectivity index (χ2n) is 7.81. The van der Waals surface area contributed by atoms with Crippen LogP contribution in [0, 0.1) is 5.92 Å². The Morgan fingerprint density at radius 3 is 2.19 bits per heavy atom. The van der Waals surface area contributed by atoms with Crippen molar-refractivity contribution in [2.45, 2.75) is 26.7 Å². The summed E-state index contributed by atoms with van der Waals surface area (Å²) in [6.45, 7) is 5.14. The zero-order valence-electron chi connectivity index (χ0n) is 18.5. The maximum absolute atomic E-state index is 12.6. The minimum absolute atomic E-state index is 0.166. The Balaban J connectivity index is 1.57. The van der Waals surface area contributed by atoms with Crippen molar-refractivity contribution >= 4 is 11.9 Å². The van der Waals surface area contributed by atoms with Gasteiger partial charge in [0.2, 0.25) is 0 Å². The van der Waals surface area contributed by atoms with Crippen LogP contribution in [0.4, 0.5) is 0 Å². The molecule has 0 unspecified atom stereocenters. The van der Waals surface area contributed by atoms with Gasteiger partial charge in [-0.2, -0.15) is 0 Å². The maximum Gasteiger partial charge on any atom is 0.343 e. The van der Waals surface area contributed by atoms with Gasteiger partial charge in [-0.1, -0.05) is 56.3 Å². The van der Waals surface area contributed by atoms with E-state index in [0.29, 0.717) is 30.3 Å². The summed E-state index contributed by atoms with van der Waals surface area (Å²) >= 11 is 0. The molecule has 0 N–H and O–H groups in total. The summed E-state index contributed by atoms with van der Waals surface area (Å²) in [6, 6.07) is 23.1. The van der Waals surface area contributed by atoms with E-state index in [4.69, 9.17) is 14.2 Å². The fraction of sp³-hybridized carbons (Fsp3) is 0.259. The van der Waals surface area contributed by atoms with Crippen LogP contribution in [-0.4, -0.2) is 25.2 Å². The maximum atomic E-state index is 12.6. The van der Waals surface area contributed by atoms with Gasteiger partial charge >= 0.3 is 11.9 Å². The van der Waals surface area contributed by atoms with Crippen molar-refractivity contribution in [3.63, 3.8) is 0 Å². The molecular formula is C27H28O5.